The molecular weight excluding hydrogens is 1100 g/mol. The van der Waals surface area contributed by atoms with Gasteiger partial charge in [0, 0.05) is 6.42 Å². The van der Waals surface area contributed by atoms with E-state index >= 15 is 0 Å². The number of nitrogens with zero attached hydrogens (tertiary/aromatic N) is 4. The van der Waals surface area contributed by atoms with E-state index in [1.165, 1.54) is 4.57 Å². The van der Waals surface area contributed by atoms with Crippen molar-refractivity contribution in [3.63, 3.8) is 0 Å². The number of aliphatic hydroxyl groups excluding tert-OH is 1. The number of hydrogen-bond acceptors (Lipinski definition) is 12. The Bertz CT molecular complexity index is 2240. The van der Waals surface area contributed by atoms with Gasteiger partial charge in [-0.2, -0.15) is 123 Å². The van der Waals surface area contributed by atoms with E-state index in [0.29, 0.717) is 0 Å². The van der Waals surface area contributed by atoms with Crippen LogP contribution >= 0.6 is 0 Å². The first kappa shape index (κ1) is 61.5. The molecule has 0 radical (unpaired) electrons. The summed E-state index contributed by atoms with van der Waals surface area (Å²) in [4.78, 5) is 36.1. The summed E-state index contributed by atoms with van der Waals surface area (Å²) in [7, 11) is 0. The van der Waals surface area contributed by atoms with Gasteiger partial charge in [0.1, 0.15) is 43.5 Å². The fourth-order valence-electron chi connectivity index (χ4n) is 5.38. The van der Waals surface area contributed by atoms with E-state index in [0.717, 1.165) is 12.7 Å². The summed E-state index contributed by atoms with van der Waals surface area (Å²) >= 11 is 0. The number of alkyl halides is 28. The van der Waals surface area contributed by atoms with Crippen LogP contribution in [0.15, 0.2) is 12.7 Å². The number of ether oxygens (including phenoxy) is 5. The van der Waals surface area contributed by atoms with E-state index in [1.807, 2.05) is 0 Å². The molecule has 41 heteroatoms. The van der Waals surface area contributed by atoms with E-state index in [9.17, 15) is 138 Å². The maximum atomic E-state index is 14.4. The highest BCUT2D eigenvalue weighted by molar-refractivity contribution is 5.81. The minimum Gasteiger partial charge on any atom is -0.463 e. The summed E-state index contributed by atoms with van der Waals surface area (Å²) in [5, 5.41) is 10.3. The third-order valence-electron chi connectivity index (χ3n) is 9.48. The van der Waals surface area contributed by atoms with Gasteiger partial charge in [0.2, 0.25) is 0 Å². The number of hydrogen-bond donors (Lipinski definition) is 2. The molecule has 2 aromatic heterocycles. The Morgan fingerprint density at radius 3 is 1.60 bits per heavy atom. The van der Waals surface area contributed by atoms with Crippen molar-refractivity contribution in [1.82, 2.24) is 19.5 Å². The van der Waals surface area contributed by atoms with E-state index < -0.39 is 153 Å². The minimum absolute atomic E-state index is 0.0560. The number of esters is 2. The number of rotatable bonds is 23. The Labute approximate surface area is 376 Å². The molecule has 0 spiro atoms. The summed E-state index contributed by atoms with van der Waals surface area (Å²) in [6.45, 7) is -10.6. The lowest BCUT2D eigenvalue weighted by Crippen LogP contribution is -2.72. The number of aromatic nitrogens is 4. The molecule has 4 atom stereocenters. The van der Waals surface area contributed by atoms with Crippen molar-refractivity contribution < 1.29 is 161 Å². The molecule has 72 heavy (non-hydrogen) atoms. The van der Waals surface area contributed by atoms with Gasteiger partial charge < -0.3 is 34.5 Å². The van der Waals surface area contributed by atoms with Gasteiger partial charge in [-0.1, -0.05) is 0 Å². The number of fused-ring (bicyclic) bond motifs is 1. The summed E-state index contributed by atoms with van der Waals surface area (Å²) in [6, 6.07) is 0. The van der Waals surface area contributed by atoms with Gasteiger partial charge in [0.15, 0.2) is 11.5 Å². The molecule has 3 heterocycles. The normalized spacial score (nSPS) is 19.5. The highest BCUT2D eigenvalue weighted by Gasteiger charge is 2.94. The fraction of sp³-hybridized carbons (Fsp3) is 0.774. The molecule has 13 nitrogen and oxygen atoms in total. The molecule has 1 aliphatic rings. The number of halogens is 28. The first-order chi connectivity index (χ1) is 32.0. The molecule has 0 bridgehead atoms. The van der Waals surface area contributed by atoms with Crippen molar-refractivity contribution in [2.45, 2.75) is 121 Å². The first-order valence-electron chi connectivity index (χ1n) is 18.1. The maximum absolute atomic E-state index is 14.4. The highest BCUT2D eigenvalue weighted by Crippen LogP contribution is 2.63. The topological polar surface area (TPSA) is 170 Å². The van der Waals surface area contributed by atoms with Crippen LogP contribution in [0.3, 0.4) is 0 Å². The summed E-state index contributed by atoms with van der Waals surface area (Å²) in [6.07, 6.45) is -32.5. The van der Waals surface area contributed by atoms with Crippen molar-refractivity contribution in [2.75, 3.05) is 32.2 Å². The average molecular weight is 1130 g/mol. The molecule has 0 saturated carbocycles. The van der Waals surface area contributed by atoms with Gasteiger partial charge in [0.25, 0.3) is 0 Å². The quantitative estimate of drug-likeness (QED) is 0.0807. The van der Waals surface area contributed by atoms with Crippen molar-refractivity contribution in [3.8, 4) is 0 Å². The van der Waals surface area contributed by atoms with Crippen LogP contribution in [0.1, 0.15) is 25.5 Å². The molecule has 4 unspecified atom stereocenters. The Morgan fingerprint density at radius 2 is 1.10 bits per heavy atom. The number of carbonyl (C=O) groups excluding carboxylic acids is 2. The largest absolute Gasteiger partial charge is 0.463 e. The zero-order chi connectivity index (χ0) is 56.3. The van der Waals surface area contributed by atoms with Crippen molar-refractivity contribution in [3.05, 3.63) is 12.7 Å². The molecular formula is C31H23F28N5O8. The zero-order valence-electron chi connectivity index (χ0n) is 33.7. The van der Waals surface area contributed by atoms with E-state index in [-0.39, 0.29) is 23.4 Å². The van der Waals surface area contributed by atoms with Gasteiger partial charge in [0.05, 0.1) is 38.5 Å². The Hall–Kier alpha value is -4.83. The highest BCUT2D eigenvalue weighted by atomic mass is 19.4. The summed E-state index contributed by atoms with van der Waals surface area (Å²) < 4.78 is 400. The zero-order valence-corrected chi connectivity index (χ0v) is 33.7. The molecule has 3 rings (SSSR count). The Morgan fingerprint density at radius 1 is 0.639 bits per heavy atom. The second-order valence-corrected chi connectivity index (χ2v) is 14.5. The van der Waals surface area contributed by atoms with Crippen LogP contribution in [0, 0.1) is 0 Å². The standard InChI is InChI=1S/C31H23F28N5O8/c32-19(33,20(34,35)21(36,37)23(40,41)26(46,47)29(52,53)54)7-68-4-10(5-70-31(58,59)28(50,51)25(44,45)22(38,39)24(42,43)27(48,49)30(55,56)57)71-15(67)2-1-14(66)69-6-12-11(65)3-13(72-12)64-9-63-16-17(60)61-8-62-18(16)64/h8-13,65H,1-7H2,(H2,60,61,62). The van der Waals surface area contributed by atoms with Crippen molar-refractivity contribution in [1.29, 1.82) is 0 Å². The van der Waals surface area contributed by atoms with Crippen molar-refractivity contribution >= 4 is 28.9 Å². The van der Waals surface area contributed by atoms with E-state index in [4.69, 9.17) is 15.2 Å². The van der Waals surface area contributed by atoms with Crippen LogP contribution in [0.2, 0.25) is 0 Å². The number of anilines is 1. The third-order valence-corrected chi connectivity index (χ3v) is 9.48. The van der Waals surface area contributed by atoms with Crippen LogP contribution in [-0.4, -0.2) is 159 Å². The minimum atomic E-state index is -8.93. The molecule has 2 aromatic rings. The molecule has 0 aliphatic carbocycles. The Balaban J connectivity index is 1.84. The molecule has 416 valence electrons. The second-order valence-electron chi connectivity index (χ2n) is 14.5. The monoisotopic (exact) mass is 1130 g/mol. The predicted octanol–water partition coefficient (Wildman–Crippen LogP) is 8.40. The first-order valence-corrected chi connectivity index (χ1v) is 18.1. The predicted molar refractivity (Wildman–Crippen MR) is 168 cm³/mol. The molecule has 1 aliphatic heterocycles. The van der Waals surface area contributed by atoms with Gasteiger partial charge in [-0.3, -0.25) is 14.2 Å². The van der Waals surface area contributed by atoms with Crippen LogP contribution in [0.25, 0.3) is 11.2 Å². The average Bonchev–Trinajstić information content (AvgIpc) is 3.83. The fourth-order valence-corrected chi connectivity index (χ4v) is 5.38. The maximum Gasteiger partial charge on any atom is 0.460 e. The third kappa shape index (κ3) is 10.5. The van der Waals surface area contributed by atoms with Crippen LogP contribution < -0.4 is 5.73 Å². The molecule has 1 saturated heterocycles. The summed E-state index contributed by atoms with van der Waals surface area (Å²) in [5.41, 5.74) is 5.77. The van der Waals surface area contributed by atoms with Crippen molar-refractivity contribution in [2.24, 2.45) is 0 Å². The molecule has 0 amide bonds. The lowest BCUT2D eigenvalue weighted by molar-refractivity contribution is -0.473. The second kappa shape index (κ2) is 19.5. The molecule has 1 fully saturated rings. The Kier molecular flexibility index (Phi) is 16.6. The van der Waals surface area contributed by atoms with Gasteiger partial charge in [-0.15, -0.1) is 0 Å². The number of imidazole rings is 1. The molecule has 3 N–H and O–H groups in total. The SMILES string of the molecule is Nc1ncnc2c1ncn2C1CC(O)C(COC(=O)CCC(=O)OC(COCC(F)(F)C(F)(F)C(F)(F)C(F)(F)C(F)(F)C(F)(F)F)COC(F)(F)C(F)(F)C(F)(F)C(F)(F)C(F)(F)C(F)(F)C(F)(F)F)O1. The van der Waals surface area contributed by atoms with Gasteiger partial charge >= 0.3 is 89.6 Å². The number of nitrogen functional groups attached to an aromatic ring is 1. The lowest BCUT2D eigenvalue weighted by Gasteiger charge is -2.41. The summed E-state index contributed by atoms with van der Waals surface area (Å²) in [5.74, 6) is -88.3. The van der Waals surface area contributed by atoms with Crippen LogP contribution in [0.4, 0.5) is 129 Å². The molecule has 0 aromatic carbocycles. The van der Waals surface area contributed by atoms with Gasteiger partial charge in [-0.25, -0.2) is 15.0 Å². The number of carbonyl (C=O) groups is 2. The van der Waals surface area contributed by atoms with Crippen LogP contribution in [-0.2, 0) is 33.3 Å². The van der Waals surface area contributed by atoms with E-state index in [1.54, 1.807) is 0 Å². The number of nitrogens with two attached hydrogens (primary N) is 1. The van der Waals surface area contributed by atoms with E-state index in [2.05, 4.69) is 29.2 Å². The smallest absolute Gasteiger partial charge is 0.460 e. The number of aliphatic hydroxyl groups is 1. The van der Waals surface area contributed by atoms with Crippen LogP contribution in [0.5, 0.6) is 0 Å². The lowest BCUT2D eigenvalue weighted by atomic mass is 9.93. The van der Waals surface area contributed by atoms with Gasteiger partial charge in [-0.05, 0) is 0 Å².